The number of hydrogen-bond acceptors (Lipinski definition) is 3. The van der Waals surface area contributed by atoms with E-state index in [2.05, 4.69) is 31.3 Å². The molecule has 1 unspecified atom stereocenters. The van der Waals surface area contributed by atoms with Gasteiger partial charge in [-0.15, -0.1) is 0 Å². The maximum Gasteiger partial charge on any atom is 0.128 e. The summed E-state index contributed by atoms with van der Waals surface area (Å²) in [5.41, 5.74) is 4.91. The van der Waals surface area contributed by atoms with Crippen molar-refractivity contribution in [1.29, 1.82) is 0 Å². The first kappa shape index (κ1) is 16.9. The highest BCUT2D eigenvalue weighted by molar-refractivity contribution is 5.46. The van der Waals surface area contributed by atoms with Gasteiger partial charge in [0.05, 0.1) is 13.2 Å². The second-order valence-corrected chi connectivity index (χ2v) is 6.51. The molecule has 2 aromatic rings. The van der Waals surface area contributed by atoms with Crippen LogP contribution in [0.1, 0.15) is 46.7 Å². The van der Waals surface area contributed by atoms with Gasteiger partial charge in [-0.25, -0.2) is 4.39 Å². The zero-order chi connectivity index (χ0) is 17.1. The summed E-state index contributed by atoms with van der Waals surface area (Å²) in [6.45, 7) is 5.27. The highest BCUT2D eigenvalue weighted by atomic mass is 19.1. The van der Waals surface area contributed by atoms with Crippen molar-refractivity contribution >= 4 is 0 Å². The Morgan fingerprint density at radius 3 is 2.88 bits per heavy atom. The Hall–Kier alpha value is -1.91. The molecule has 0 aliphatic carbocycles. The molecule has 0 aromatic heterocycles. The molecule has 1 aliphatic rings. The van der Waals surface area contributed by atoms with E-state index < -0.39 is 0 Å². The number of fused-ring (bicyclic) bond motifs is 1. The van der Waals surface area contributed by atoms with Crippen LogP contribution in [0.2, 0.25) is 0 Å². The van der Waals surface area contributed by atoms with Crippen LogP contribution < -0.4 is 10.1 Å². The number of nitrogens with one attached hydrogen (secondary N) is 1. The van der Waals surface area contributed by atoms with Gasteiger partial charge in [-0.05, 0) is 49.9 Å². The van der Waals surface area contributed by atoms with Gasteiger partial charge in [0.2, 0.25) is 0 Å². The Morgan fingerprint density at radius 2 is 2.08 bits per heavy atom. The normalized spacial score (nSPS) is 17.1. The topological polar surface area (TPSA) is 41.5 Å². The SMILES string of the molecule is Cc1cc(C)c2c(c1)C(NCc1ccc(F)c(CO)c1)CCCO2. The van der Waals surface area contributed by atoms with Crippen LogP contribution >= 0.6 is 0 Å². The standard InChI is InChI=1S/C20H24FNO2/c1-13-8-14(2)20-17(9-13)19(4-3-7-24-20)22-11-15-5-6-18(21)16(10-15)12-23/h5-6,8-10,19,22-23H,3-4,7,11-12H2,1-2H3. The molecule has 0 amide bonds. The average Bonchev–Trinajstić information content (AvgIpc) is 2.76. The molecule has 0 radical (unpaired) electrons. The summed E-state index contributed by atoms with van der Waals surface area (Å²) in [5, 5.41) is 12.8. The van der Waals surface area contributed by atoms with Crippen LogP contribution in [0, 0.1) is 19.7 Å². The molecule has 3 nitrogen and oxygen atoms in total. The monoisotopic (exact) mass is 329 g/mol. The van der Waals surface area contributed by atoms with E-state index >= 15 is 0 Å². The zero-order valence-corrected chi connectivity index (χ0v) is 14.2. The Labute approximate surface area is 142 Å². The fourth-order valence-corrected chi connectivity index (χ4v) is 3.37. The quantitative estimate of drug-likeness (QED) is 0.893. The summed E-state index contributed by atoms with van der Waals surface area (Å²) in [6, 6.07) is 9.45. The Balaban J connectivity index is 1.81. The lowest BCUT2D eigenvalue weighted by molar-refractivity contribution is 0.275. The van der Waals surface area contributed by atoms with Crippen LogP contribution in [0.25, 0.3) is 0 Å². The summed E-state index contributed by atoms with van der Waals surface area (Å²) < 4.78 is 19.5. The van der Waals surface area contributed by atoms with E-state index in [1.54, 1.807) is 12.1 Å². The van der Waals surface area contributed by atoms with Crippen LogP contribution in [-0.4, -0.2) is 11.7 Å². The smallest absolute Gasteiger partial charge is 0.128 e. The molecule has 4 heteroatoms. The fraction of sp³-hybridized carbons (Fsp3) is 0.400. The minimum absolute atomic E-state index is 0.212. The van der Waals surface area contributed by atoms with Gasteiger partial charge in [-0.1, -0.05) is 23.8 Å². The summed E-state index contributed by atoms with van der Waals surface area (Å²) in [7, 11) is 0. The van der Waals surface area contributed by atoms with E-state index in [1.807, 2.05) is 0 Å². The third-order valence-corrected chi connectivity index (χ3v) is 4.54. The number of halogens is 1. The van der Waals surface area contributed by atoms with E-state index in [4.69, 9.17) is 4.74 Å². The number of aryl methyl sites for hydroxylation is 2. The number of ether oxygens (including phenoxy) is 1. The number of hydrogen-bond donors (Lipinski definition) is 2. The molecular weight excluding hydrogens is 305 g/mol. The second kappa shape index (κ2) is 7.32. The first-order valence-corrected chi connectivity index (χ1v) is 8.44. The van der Waals surface area contributed by atoms with Gasteiger partial charge in [0.15, 0.2) is 0 Å². The highest BCUT2D eigenvalue weighted by Gasteiger charge is 2.21. The Kier molecular flexibility index (Phi) is 5.17. The van der Waals surface area contributed by atoms with Crippen LogP contribution in [0.4, 0.5) is 4.39 Å². The largest absolute Gasteiger partial charge is 0.493 e. The first-order valence-electron chi connectivity index (χ1n) is 8.44. The van der Waals surface area contributed by atoms with Crippen LogP contribution in [-0.2, 0) is 13.2 Å². The van der Waals surface area contributed by atoms with Crippen molar-refractivity contribution in [3.05, 3.63) is 64.0 Å². The van der Waals surface area contributed by atoms with Crippen molar-refractivity contribution in [3.8, 4) is 5.75 Å². The van der Waals surface area contributed by atoms with Gasteiger partial charge in [0.25, 0.3) is 0 Å². The molecular formula is C20H24FNO2. The van der Waals surface area contributed by atoms with Gasteiger partial charge in [0, 0.05) is 23.7 Å². The zero-order valence-electron chi connectivity index (χ0n) is 14.2. The van der Waals surface area contributed by atoms with Gasteiger partial charge in [-0.2, -0.15) is 0 Å². The molecule has 0 fully saturated rings. The summed E-state index contributed by atoms with van der Waals surface area (Å²) in [6.07, 6.45) is 2.00. The van der Waals surface area contributed by atoms with Gasteiger partial charge >= 0.3 is 0 Å². The van der Waals surface area contributed by atoms with Crippen LogP contribution in [0.15, 0.2) is 30.3 Å². The van der Waals surface area contributed by atoms with Crippen molar-refractivity contribution in [2.45, 2.75) is 45.9 Å². The molecule has 2 aromatic carbocycles. The highest BCUT2D eigenvalue weighted by Crippen LogP contribution is 2.35. The van der Waals surface area contributed by atoms with E-state index in [0.29, 0.717) is 12.1 Å². The molecule has 128 valence electrons. The average molecular weight is 329 g/mol. The van der Waals surface area contributed by atoms with Gasteiger partial charge in [-0.3, -0.25) is 0 Å². The lowest BCUT2D eigenvalue weighted by atomic mass is 9.97. The predicted molar refractivity (Wildman–Crippen MR) is 92.5 cm³/mol. The fourth-order valence-electron chi connectivity index (χ4n) is 3.37. The first-order chi connectivity index (χ1) is 11.6. The molecule has 2 N–H and O–H groups in total. The number of aliphatic hydroxyl groups excluding tert-OH is 1. The lowest BCUT2D eigenvalue weighted by Crippen LogP contribution is -2.21. The Morgan fingerprint density at radius 1 is 1.25 bits per heavy atom. The van der Waals surface area contributed by atoms with Crippen molar-refractivity contribution in [2.24, 2.45) is 0 Å². The Bertz CT molecular complexity index is 730. The van der Waals surface area contributed by atoms with E-state index in [1.165, 1.54) is 22.8 Å². The van der Waals surface area contributed by atoms with Crippen LogP contribution in [0.5, 0.6) is 5.75 Å². The molecule has 3 rings (SSSR count). The van der Waals surface area contributed by atoms with Crippen molar-refractivity contribution in [1.82, 2.24) is 5.32 Å². The maximum atomic E-state index is 13.5. The molecule has 24 heavy (non-hydrogen) atoms. The lowest BCUT2D eigenvalue weighted by Gasteiger charge is -2.20. The van der Waals surface area contributed by atoms with Crippen molar-refractivity contribution in [3.63, 3.8) is 0 Å². The number of rotatable bonds is 4. The van der Waals surface area contributed by atoms with Crippen molar-refractivity contribution in [2.75, 3.05) is 6.61 Å². The summed E-state index contributed by atoms with van der Waals surface area (Å²) in [4.78, 5) is 0. The van der Waals surface area contributed by atoms with Gasteiger partial charge < -0.3 is 15.2 Å². The number of aliphatic hydroxyl groups is 1. The predicted octanol–water partition coefficient (Wildman–Crippen LogP) is 3.94. The second-order valence-electron chi connectivity index (χ2n) is 6.51. The molecule has 1 atom stereocenters. The maximum absolute atomic E-state index is 13.5. The van der Waals surface area contributed by atoms with E-state index in [0.717, 1.165) is 30.8 Å². The molecule has 0 saturated heterocycles. The third kappa shape index (κ3) is 3.60. The summed E-state index contributed by atoms with van der Waals surface area (Å²) in [5.74, 6) is 0.631. The minimum atomic E-state index is -0.360. The van der Waals surface area contributed by atoms with Crippen LogP contribution in [0.3, 0.4) is 0 Å². The number of benzene rings is 2. The van der Waals surface area contributed by atoms with Crippen molar-refractivity contribution < 1.29 is 14.2 Å². The minimum Gasteiger partial charge on any atom is -0.493 e. The molecule has 0 saturated carbocycles. The third-order valence-electron chi connectivity index (χ3n) is 4.54. The molecule has 1 aliphatic heterocycles. The van der Waals surface area contributed by atoms with E-state index in [9.17, 15) is 9.50 Å². The summed E-state index contributed by atoms with van der Waals surface area (Å²) >= 11 is 0. The molecule has 0 bridgehead atoms. The molecule has 0 spiro atoms. The molecule has 1 heterocycles. The van der Waals surface area contributed by atoms with Gasteiger partial charge in [0.1, 0.15) is 11.6 Å². The van der Waals surface area contributed by atoms with E-state index in [-0.39, 0.29) is 18.5 Å².